The van der Waals surface area contributed by atoms with E-state index >= 15 is 0 Å². The fourth-order valence-electron chi connectivity index (χ4n) is 3.23. The summed E-state index contributed by atoms with van der Waals surface area (Å²) in [7, 11) is 1.61. The first kappa shape index (κ1) is 11.7. The van der Waals surface area contributed by atoms with Crippen LogP contribution >= 0.6 is 15.9 Å². The van der Waals surface area contributed by atoms with Gasteiger partial charge in [0.25, 0.3) is 0 Å². The molecule has 94 valence electrons. The molecule has 2 amide bonds. The van der Waals surface area contributed by atoms with E-state index in [1.807, 2.05) is 25.1 Å². The Bertz CT molecular complexity index is 572. The van der Waals surface area contributed by atoms with Crippen LogP contribution in [0.2, 0.25) is 0 Å². The Morgan fingerprint density at radius 2 is 2.22 bits per heavy atom. The first-order valence-electron chi connectivity index (χ1n) is 5.86. The Kier molecular flexibility index (Phi) is 2.32. The number of carbonyl (C=O) groups excluding carboxylic acids is 2. The van der Waals surface area contributed by atoms with Gasteiger partial charge in [-0.05, 0) is 29.7 Å². The maximum absolute atomic E-state index is 12.3. The van der Waals surface area contributed by atoms with E-state index in [1.54, 1.807) is 7.05 Å². The van der Waals surface area contributed by atoms with Crippen LogP contribution in [-0.4, -0.2) is 18.9 Å². The molecular formula is C13H13BrN2O2. The molecule has 3 atom stereocenters. The van der Waals surface area contributed by atoms with Crippen molar-refractivity contribution in [2.24, 2.45) is 11.8 Å². The average molecular weight is 309 g/mol. The van der Waals surface area contributed by atoms with E-state index < -0.39 is 5.41 Å². The molecule has 5 heteroatoms. The summed E-state index contributed by atoms with van der Waals surface area (Å²) in [4.78, 5) is 24.1. The first-order chi connectivity index (χ1) is 8.53. The largest absolute Gasteiger partial charge is 0.359 e. The molecule has 0 saturated heterocycles. The van der Waals surface area contributed by atoms with Gasteiger partial charge in [0.05, 0.1) is 11.3 Å². The second-order valence-electron chi connectivity index (χ2n) is 4.89. The van der Waals surface area contributed by atoms with Gasteiger partial charge in [0.1, 0.15) is 0 Å². The van der Waals surface area contributed by atoms with Gasteiger partial charge in [0, 0.05) is 17.2 Å². The molecule has 1 aliphatic heterocycles. The highest BCUT2D eigenvalue weighted by Crippen LogP contribution is 2.64. The van der Waals surface area contributed by atoms with Crippen molar-refractivity contribution in [3.63, 3.8) is 0 Å². The number of fused-ring (bicyclic) bond motifs is 2. The van der Waals surface area contributed by atoms with Gasteiger partial charge in [-0.25, -0.2) is 0 Å². The summed E-state index contributed by atoms with van der Waals surface area (Å²) in [5, 5.41) is 5.52. The van der Waals surface area contributed by atoms with E-state index in [2.05, 4.69) is 26.6 Å². The molecule has 1 fully saturated rings. The minimum absolute atomic E-state index is 0.0352. The molecule has 1 spiro atoms. The lowest BCUT2D eigenvalue weighted by Gasteiger charge is -2.08. The van der Waals surface area contributed by atoms with Crippen LogP contribution in [0.15, 0.2) is 22.7 Å². The third kappa shape index (κ3) is 1.20. The molecule has 1 aromatic rings. The summed E-state index contributed by atoms with van der Waals surface area (Å²) in [6, 6.07) is 5.70. The number of hydrogen-bond donors (Lipinski definition) is 2. The molecule has 1 aliphatic carbocycles. The van der Waals surface area contributed by atoms with Crippen molar-refractivity contribution in [1.29, 1.82) is 0 Å². The van der Waals surface area contributed by atoms with Crippen molar-refractivity contribution < 1.29 is 9.59 Å². The quantitative estimate of drug-likeness (QED) is 0.829. The third-order valence-electron chi connectivity index (χ3n) is 4.18. The van der Waals surface area contributed by atoms with Crippen molar-refractivity contribution in [2.75, 3.05) is 12.4 Å². The highest BCUT2D eigenvalue weighted by atomic mass is 79.9. The van der Waals surface area contributed by atoms with Gasteiger partial charge >= 0.3 is 0 Å². The topological polar surface area (TPSA) is 58.2 Å². The van der Waals surface area contributed by atoms with Crippen LogP contribution in [-0.2, 0) is 15.0 Å². The summed E-state index contributed by atoms with van der Waals surface area (Å²) in [5.74, 6) is -0.353. The van der Waals surface area contributed by atoms with E-state index in [9.17, 15) is 9.59 Å². The van der Waals surface area contributed by atoms with E-state index in [0.29, 0.717) is 0 Å². The van der Waals surface area contributed by atoms with E-state index in [1.165, 1.54) is 0 Å². The molecule has 2 aliphatic rings. The average Bonchev–Trinajstić information content (AvgIpc) is 2.87. The summed E-state index contributed by atoms with van der Waals surface area (Å²) in [6.45, 7) is 1.95. The monoisotopic (exact) mass is 308 g/mol. The first-order valence-corrected chi connectivity index (χ1v) is 6.65. The Morgan fingerprint density at radius 1 is 1.50 bits per heavy atom. The lowest BCUT2D eigenvalue weighted by atomic mass is 9.93. The fourth-order valence-corrected chi connectivity index (χ4v) is 3.59. The summed E-state index contributed by atoms with van der Waals surface area (Å²) in [6.07, 6.45) is 0. The van der Waals surface area contributed by atoms with E-state index in [4.69, 9.17) is 0 Å². The number of amides is 2. The van der Waals surface area contributed by atoms with Gasteiger partial charge in [-0.15, -0.1) is 0 Å². The minimum Gasteiger partial charge on any atom is -0.359 e. The maximum atomic E-state index is 12.3. The second-order valence-corrected chi connectivity index (χ2v) is 5.81. The van der Waals surface area contributed by atoms with Gasteiger partial charge in [-0.3, -0.25) is 9.59 Å². The summed E-state index contributed by atoms with van der Waals surface area (Å²) in [5.41, 5.74) is 1.09. The standard InChI is InChI=1S/C13H13BrN2O2/c1-6-10(11(17)15-2)13(6)8-5-7(14)3-4-9(8)16-12(13)18/h3-6,10H,1-2H3,(H,15,17)(H,16,18)/t6-,10+,13+/m1/s1. The van der Waals surface area contributed by atoms with Crippen molar-refractivity contribution in [1.82, 2.24) is 5.32 Å². The number of nitrogens with one attached hydrogen (secondary N) is 2. The Labute approximate surface area is 113 Å². The molecular weight excluding hydrogens is 296 g/mol. The number of benzene rings is 1. The highest BCUT2D eigenvalue weighted by molar-refractivity contribution is 9.10. The molecule has 1 aromatic carbocycles. The van der Waals surface area contributed by atoms with Crippen LogP contribution in [0.3, 0.4) is 0 Å². The molecule has 3 rings (SSSR count). The zero-order valence-electron chi connectivity index (χ0n) is 10.1. The number of carbonyl (C=O) groups is 2. The van der Waals surface area contributed by atoms with Gasteiger partial charge in [-0.2, -0.15) is 0 Å². The number of anilines is 1. The van der Waals surface area contributed by atoms with Crippen molar-refractivity contribution in [3.05, 3.63) is 28.2 Å². The van der Waals surface area contributed by atoms with Gasteiger partial charge < -0.3 is 10.6 Å². The van der Waals surface area contributed by atoms with Crippen LogP contribution in [0.4, 0.5) is 5.69 Å². The smallest absolute Gasteiger partial charge is 0.236 e. The normalized spacial score (nSPS) is 32.1. The number of rotatable bonds is 1. The summed E-state index contributed by atoms with van der Waals surface area (Å²) >= 11 is 3.42. The predicted molar refractivity (Wildman–Crippen MR) is 71.2 cm³/mol. The van der Waals surface area contributed by atoms with Crippen LogP contribution in [0.5, 0.6) is 0 Å². The number of hydrogen-bond acceptors (Lipinski definition) is 2. The SMILES string of the molecule is CNC(=O)[C@@H]1[C@@H](C)[C@@]12C(=O)Nc1ccc(Br)cc12. The predicted octanol–water partition coefficient (Wildman–Crippen LogP) is 1.65. The zero-order valence-corrected chi connectivity index (χ0v) is 11.7. The van der Waals surface area contributed by atoms with Crippen LogP contribution in [0, 0.1) is 11.8 Å². The van der Waals surface area contributed by atoms with E-state index in [0.717, 1.165) is 15.7 Å². The lowest BCUT2D eigenvalue weighted by Crippen LogP contribution is -2.29. The molecule has 18 heavy (non-hydrogen) atoms. The van der Waals surface area contributed by atoms with Gasteiger partial charge in [0.15, 0.2) is 0 Å². The zero-order chi connectivity index (χ0) is 13.1. The molecule has 0 unspecified atom stereocenters. The van der Waals surface area contributed by atoms with E-state index in [-0.39, 0.29) is 23.7 Å². The Morgan fingerprint density at radius 3 is 2.89 bits per heavy atom. The maximum Gasteiger partial charge on any atom is 0.236 e. The molecule has 0 radical (unpaired) electrons. The highest BCUT2D eigenvalue weighted by Gasteiger charge is 2.73. The molecule has 4 nitrogen and oxygen atoms in total. The molecule has 2 N–H and O–H groups in total. The van der Waals surface area contributed by atoms with Crippen LogP contribution < -0.4 is 10.6 Å². The Hall–Kier alpha value is -1.36. The lowest BCUT2D eigenvalue weighted by molar-refractivity contribution is -0.125. The minimum atomic E-state index is -0.667. The van der Waals surface area contributed by atoms with Gasteiger partial charge in [0.2, 0.25) is 11.8 Å². The fraction of sp³-hybridized carbons (Fsp3) is 0.385. The third-order valence-corrected chi connectivity index (χ3v) is 4.67. The molecule has 1 saturated carbocycles. The van der Waals surface area contributed by atoms with Gasteiger partial charge in [-0.1, -0.05) is 22.9 Å². The number of halogens is 1. The Balaban J connectivity index is 2.13. The molecule has 1 heterocycles. The van der Waals surface area contributed by atoms with Crippen molar-refractivity contribution in [2.45, 2.75) is 12.3 Å². The van der Waals surface area contributed by atoms with Crippen molar-refractivity contribution in [3.8, 4) is 0 Å². The van der Waals surface area contributed by atoms with Crippen LogP contribution in [0.1, 0.15) is 12.5 Å². The van der Waals surface area contributed by atoms with Crippen molar-refractivity contribution >= 4 is 33.4 Å². The molecule has 0 bridgehead atoms. The van der Waals surface area contributed by atoms with Crippen LogP contribution in [0.25, 0.3) is 0 Å². The summed E-state index contributed by atoms with van der Waals surface area (Å²) < 4.78 is 0.923. The second kappa shape index (κ2) is 3.57. The molecule has 0 aromatic heterocycles.